The van der Waals surface area contributed by atoms with Gasteiger partial charge in [-0.05, 0) is 59.2 Å². The van der Waals surface area contributed by atoms with Gasteiger partial charge >= 0.3 is 0 Å². The fourth-order valence-corrected chi connectivity index (χ4v) is 4.14. The summed E-state index contributed by atoms with van der Waals surface area (Å²) in [6.45, 7) is 0. The van der Waals surface area contributed by atoms with Gasteiger partial charge in [-0.15, -0.1) is 0 Å². The lowest BCUT2D eigenvalue weighted by Gasteiger charge is -2.52. The number of rotatable bonds is 3. The van der Waals surface area contributed by atoms with Crippen molar-refractivity contribution in [3.05, 3.63) is 22.7 Å². The van der Waals surface area contributed by atoms with Crippen molar-refractivity contribution in [1.82, 2.24) is 0 Å². The highest BCUT2D eigenvalue weighted by Gasteiger charge is 2.46. The standard InChI is InChI=1S/C16H22BrNO/c1-19-14-11-12(5-6-13(14)17)18-15-7-10-16(15)8-3-2-4-9-16/h5-6,11,15,18H,2-4,7-10H2,1H3. The van der Waals surface area contributed by atoms with Gasteiger partial charge in [0.25, 0.3) is 0 Å². The van der Waals surface area contributed by atoms with E-state index in [9.17, 15) is 0 Å². The Morgan fingerprint density at radius 3 is 2.63 bits per heavy atom. The third-order valence-electron chi connectivity index (χ3n) is 5.01. The van der Waals surface area contributed by atoms with Gasteiger partial charge in [0.1, 0.15) is 5.75 Å². The second-order valence-electron chi connectivity index (χ2n) is 6.01. The monoisotopic (exact) mass is 323 g/mol. The minimum Gasteiger partial charge on any atom is -0.495 e. The van der Waals surface area contributed by atoms with Gasteiger partial charge < -0.3 is 10.1 Å². The zero-order valence-electron chi connectivity index (χ0n) is 11.5. The molecule has 1 unspecified atom stereocenters. The predicted molar refractivity (Wildman–Crippen MR) is 82.9 cm³/mol. The van der Waals surface area contributed by atoms with Crippen molar-refractivity contribution in [1.29, 1.82) is 0 Å². The van der Waals surface area contributed by atoms with E-state index in [2.05, 4.69) is 39.4 Å². The van der Waals surface area contributed by atoms with Gasteiger partial charge in [0.2, 0.25) is 0 Å². The van der Waals surface area contributed by atoms with E-state index in [1.54, 1.807) is 7.11 Å². The largest absolute Gasteiger partial charge is 0.495 e. The molecule has 0 amide bonds. The summed E-state index contributed by atoms with van der Waals surface area (Å²) in [7, 11) is 1.72. The summed E-state index contributed by atoms with van der Waals surface area (Å²) >= 11 is 3.51. The average molecular weight is 324 g/mol. The van der Waals surface area contributed by atoms with Crippen LogP contribution in [0.25, 0.3) is 0 Å². The Bertz CT molecular complexity index is 454. The Labute approximate surface area is 124 Å². The first-order chi connectivity index (χ1) is 9.23. The second-order valence-corrected chi connectivity index (χ2v) is 6.86. The molecule has 104 valence electrons. The maximum absolute atomic E-state index is 5.37. The fraction of sp³-hybridized carbons (Fsp3) is 0.625. The van der Waals surface area contributed by atoms with Crippen molar-refractivity contribution in [3.8, 4) is 5.75 Å². The number of anilines is 1. The Balaban J connectivity index is 1.71. The van der Waals surface area contributed by atoms with Gasteiger partial charge in [-0.2, -0.15) is 0 Å². The van der Waals surface area contributed by atoms with Crippen molar-refractivity contribution in [2.75, 3.05) is 12.4 Å². The predicted octanol–water partition coefficient (Wildman–Crippen LogP) is 4.98. The molecule has 0 aromatic heterocycles. The van der Waals surface area contributed by atoms with E-state index in [0.717, 1.165) is 10.2 Å². The van der Waals surface area contributed by atoms with Crippen LogP contribution in [0.5, 0.6) is 5.75 Å². The molecule has 1 aromatic carbocycles. The van der Waals surface area contributed by atoms with Crippen LogP contribution >= 0.6 is 15.9 Å². The highest BCUT2D eigenvalue weighted by Crippen LogP contribution is 2.52. The summed E-state index contributed by atoms with van der Waals surface area (Å²) < 4.78 is 6.38. The topological polar surface area (TPSA) is 21.3 Å². The zero-order valence-corrected chi connectivity index (χ0v) is 13.1. The molecule has 1 N–H and O–H groups in total. The van der Waals surface area contributed by atoms with Gasteiger partial charge in [0, 0.05) is 17.8 Å². The van der Waals surface area contributed by atoms with Gasteiger partial charge in [-0.25, -0.2) is 0 Å². The van der Waals surface area contributed by atoms with Crippen molar-refractivity contribution < 1.29 is 4.74 Å². The van der Waals surface area contributed by atoms with E-state index in [4.69, 9.17) is 4.74 Å². The summed E-state index contributed by atoms with van der Waals surface area (Å²) in [6.07, 6.45) is 9.83. The van der Waals surface area contributed by atoms with E-state index in [0.29, 0.717) is 11.5 Å². The Morgan fingerprint density at radius 2 is 2.00 bits per heavy atom. The molecule has 2 aliphatic rings. The van der Waals surface area contributed by atoms with E-state index in [1.807, 2.05) is 0 Å². The normalized spacial score (nSPS) is 24.8. The molecule has 0 saturated heterocycles. The molecular weight excluding hydrogens is 302 g/mol. The molecular formula is C16H22BrNO. The molecule has 2 nitrogen and oxygen atoms in total. The SMILES string of the molecule is COc1cc(NC2CCC23CCCCC3)ccc1Br. The number of nitrogens with one attached hydrogen (secondary N) is 1. The molecule has 19 heavy (non-hydrogen) atoms. The van der Waals surface area contributed by atoms with Crippen LogP contribution < -0.4 is 10.1 Å². The van der Waals surface area contributed by atoms with Crippen LogP contribution in [0.2, 0.25) is 0 Å². The number of benzene rings is 1. The fourth-order valence-electron chi connectivity index (χ4n) is 3.73. The smallest absolute Gasteiger partial charge is 0.135 e. The molecule has 0 bridgehead atoms. The quantitative estimate of drug-likeness (QED) is 0.846. The van der Waals surface area contributed by atoms with E-state index < -0.39 is 0 Å². The lowest BCUT2D eigenvalue weighted by molar-refractivity contribution is 0.0571. The van der Waals surface area contributed by atoms with Crippen LogP contribution in [0.4, 0.5) is 5.69 Å². The Hall–Kier alpha value is -0.700. The molecule has 0 heterocycles. The van der Waals surface area contributed by atoms with E-state index in [1.165, 1.54) is 50.6 Å². The number of hydrogen-bond donors (Lipinski definition) is 1. The molecule has 1 aromatic rings. The van der Waals surface area contributed by atoms with Crippen LogP contribution in [0.3, 0.4) is 0 Å². The molecule has 0 radical (unpaired) electrons. The van der Waals surface area contributed by atoms with Crippen LogP contribution in [0.1, 0.15) is 44.9 Å². The molecule has 1 spiro atoms. The van der Waals surface area contributed by atoms with Crippen LogP contribution in [-0.4, -0.2) is 13.2 Å². The molecule has 3 rings (SSSR count). The highest BCUT2D eigenvalue weighted by atomic mass is 79.9. The summed E-state index contributed by atoms with van der Waals surface area (Å²) in [6, 6.07) is 6.96. The van der Waals surface area contributed by atoms with Crippen molar-refractivity contribution in [3.63, 3.8) is 0 Å². The van der Waals surface area contributed by atoms with Crippen LogP contribution in [0, 0.1) is 5.41 Å². The van der Waals surface area contributed by atoms with Gasteiger partial charge in [-0.1, -0.05) is 19.3 Å². The van der Waals surface area contributed by atoms with E-state index >= 15 is 0 Å². The first-order valence-electron chi connectivity index (χ1n) is 7.34. The summed E-state index contributed by atoms with van der Waals surface area (Å²) in [5.74, 6) is 0.905. The Morgan fingerprint density at radius 1 is 1.21 bits per heavy atom. The third kappa shape index (κ3) is 2.49. The van der Waals surface area contributed by atoms with E-state index in [-0.39, 0.29) is 0 Å². The van der Waals surface area contributed by atoms with Gasteiger partial charge in [-0.3, -0.25) is 0 Å². The van der Waals surface area contributed by atoms with Gasteiger partial charge in [0.15, 0.2) is 0 Å². The molecule has 3 heteroatoms. The van der Waals surface area contributed by atoms with Crippen molar-refractivity contribution in [2.24, 2.45) is 5.41 Å². The number of halogens is 1. The van der Waals surface area contributed by atoms with Crippen molar-refractivity contribution >= 4 is 21.6 Å². The Kier molecular flexibility index (Phi) is 3.75. The lowest BCUT2D eigenvalue weighted by Crippen LogP contribution is -2.50. The average Bonchev–Trinajstić information content (AvgIpc) is 2.46. The summed E-state index contributed by atoms with van der Waals surface area (Å²) in [4.78, 5) is 0. The lowest BCUT2D eigenvalue weighted by atomic mass is 9.57. The minimum atomic E-state index is 0.596. The summed E-state index contributed by atoms with van der Waals surface area (Å²) in [5.41, 5.74) is 1.79. The molecule has 2 saturated carbocycles. The second kappa shape index (κ2) is 5.35. The van der Waals surface area contributed by atoms with Crippen LogP contribution in [-0.2, 0) is 0 Å². The molecule has 2 fully saturated rings. The molecule has 1 atom stereocenters. The minimum absolute atomic E-state index is 0.596. The number of hydrogen-bond acceptors (Lipinski definition) is 2. The first-order valence-corrected chi connectivity index (χ1v) is 8.13. The third-order valence-corrected chi connectivity index (χ3v) is 5.67. The van der Waals surface area contributed by atoms with Gasteiger partial charge in [0.05, 0.1) is 11.6 Å². The molecule has 0 aliphatic heterocycles. The zero-order chi connectivity index (χ0) is 13.3. The number of ether oxygens (including phenoxy) is 1. The maximum Gasteiger partial charge on any atom is 0.135 e. The summed E-state index contributed by atoms with van der Waals surface area (Å²) in [5, 5.41) is 3.74. The van der Waals surface area contributed by atoms with Crippen LogP contribution in [0.15, 0.2) is 22.7 Å². The van der Waals surface area contributed by atoms with Crippen molar-refractivity contribution in [2.45, 2.75) is 51.0 Å². The highest BCUT2D eigenvalue weighted by molar-refractivity contribution is 9.10. The molecule has 2 aliphatic carbocycles. The maximum atomic E-state index is 5.37. The number of methoxy groups -OCH3 is 1. The first kappa shape index (κ1) is 13.3.